The highest BCUT2D eigenvalue weighted by atomic mass is 16.5. The van der Waals surface area contributed by atoms with Crippen molar-refractivity contribution in [1.82, 2.24) is 4.90 Å². The molecule has 0 aromatic heterocycles. The minimum atomic E-state index is -0.983. The van der Waals surface area contributed by atoms with Gasteiger partial charge in [-0.15, -0.1) is 0 Å². The van der Waals surface area contributed by atoms with Crippen LogP contribution in [0.3, 0.4) is 0 Å². The summed E-state index contributed by atoms with van der Waals surface area (Å²) in [7, 11) is 0. The van der Waals surface area contributed by atoms with Gasteiger partial charge in [-0.2, -0.15) is 0 Å². The minimum Gasteiger partial charge on any atom is -0.480 e. The van der Waals surface area contributed by atoms with Crippen LogP contribution in [0, 0.1) is 0 Å². The number of amides is 1. The second-order valence-electron chi connectivity index (χ2n) is 4.30. The van der Waals surface area contributed by atoms with Crippen molar-refractivity contribution in [2.45, 2.75) is 38.7 Å². The Bertz CT molecular complexity index is 271. The number of rotatable bonds is 5. The molecule has 5 heteroatoms. The van der Waals surface area contributed by atoms with E-state index in [4.69, 9.17) is 9.84 Å². The highest BCUT2D eigenvalue weighted by Gasteiger charge is 2.40. The van der Waals surface area contributed by atoms with Crippen LogP contribution >= 0.6 is 0 Å². The Morgan fingerprint density at radius 1 is 1.50 bits per heavy atom. The zero-order valence-corrected chi connectivity index (χ0v) is 9.86. The molecule has 0 saturated carbocycles. The van der Waals surface area contributed by atoms with Crippen LogP contribution in [0.4, 0.5) is 0 Å². The van der Waals surface area contributed by atoms with E-state index in [-0.39, 0.29) is 12.5 Å². The number of hydrogen-bond donors (Lipinski definition) is 1. The van der Waals surface area contributed by atoms with Crippen molar-refractivity contribution in [3.8, 4) is 0 Å². The summed E-state index contributed by atoms with van der Waals surface area (Å²) >= 11 is 0. The SMILES string of the molecule is CCCN(CC(=O)O)C(=O)C1(C)CCCO1. The Kier molecular flexibility index (Phi) is 4.29. The summed E-state index contributed by atoms with van der Waals surface area (Å²) in [5, 5.41) is 8.75. The maximum atomic E-state index is 12.1. The second kappa shape index (κ2) is 5.30. The van der Waals surface area contributed by atoms with Gasteiger partial charge >= 0.3 is 5.97 Å². The highest BCUT2D eigenvalue weighted by molar-refractivity contribution is 5.87. The summed E-state index contributed by atoms with van der Waals surface area (Å²) in [6, 6.07) is 0. The summed E-state index contributed by atoms with van der Waals surface area (Å²) in [5.41, 5.74) is -0.815. The van der Waals surface area contributed by atoms with E-state index in [1.165, 1.54) is 4.90 Å². The molecule has 0 aliphatic carbocycles. The zero-order valence-electron chi connectivity index (χ0n) is 9.86. The van der Waals surface area contributed by atoms with E-state index >= 15 is 0 Å². The average molecular weight is 229 g/mol. The maximum Gasteiger partial charge on any atom is 0.323 e. The molecule has 1 unspecified atom stereocenters. The number of hydrogen-bond acceptors (Lipinski definition) is 3. The van der Waals surface area contributed by atoms with Crippen LogP contribution in [-0.2, 0) is 14.3 Å². The van der Waals surface area contributed by atoms with E-state index in [0.717, 1.165) is 12.8 Å². The quantitative estimate of drug-likeness (QED) is 0.760. The average Bonchev–Trinajstić information content (AvgIpc) is 2.64. The molecule has 1 atom stereocenters. The van der Waals surface area contributed by atoms with Gasteiger partial charge in [0.05, 0.1) is 0 Å². The molecular weight excluding hydrogens is 210 g/mol. The van der Waals surface area contributed by atoms with Gasteiger partial charge in [-0.05, 0) is 26.2 Å². The topological polar surface area (TPSA) is 66.8 Å². The lowest BCUT2D eigenvalue weighted by molar-refractivity contribution is -0.156. The van der Waals surface area contributed by atoms with Gasteiger partial charge in [0.1, 0.15) is 12.1 Å². The number of ether oxygens (including phenoxy) is 1. The first kappa shape index (κ1) is 13.0. The number of carboxylic acids is 1. The van der Waals surface area contributed by atoms with Crippen molar-refractivity contribution in [2.75, 3.05) is 19.7 Å². The number of aliphatic carboxylic acids is 1. The molecule has 0 spiro atoms. The maximum absolute atomic E-state index is 12.1. The molecule has 1 N–H and O–H groups in total. The number of carbonyl (C=O) groups is 2. The van der Waals surface area contributed by atoms with E-state index in [1.807, 2.05) is 6.92 Å². The molecule has 1 fully saturated rings. The second-order valence-corrected chi connectivity index (χ2v) is 4.30. The Morgan fingerprint density at radius 3 is 2.62 bits per heavy atom. The van der Waals surface area contributed by atoms with Crippen molar-refractivity contribution in [3.05, 3.63) is 0 Å². The molecule has 0 radical (unpaired) electrons. The molecule has 1 saturated heterocycles. The lowest BCUT2D eigenvalue weighted by Gasteiger charge is -2.29. The molecule has 0 aromatic carbocycles. The first-order chi connectivity index (χ1) is 7.49. The Hall–Kier alpha value is -1.10. The Balaban J connectivity index is 2.69. The van der Waals surface area contributed by atoms with Crippen LogP contribution in [0.2, 0.25) is 0 Å². The van der Waals surface area contributed by atoms with E-state index in [0.29, 0.717) is 19.6 Å². The molecule has 1 amide bonds. The first-order valence-corrected chi connectivity index (χ1v) is 5.64. The molecular formula is C11H19NO4. The van der Waals surface area contributed by atoms with Crippen LogP contribution in [0.1, 0.15) is 33.1 Å². The zero-order chi connectivity index (χ0) is 12.2. The largest absolute Gasteiger partial charge is 0.480 e. The number of carboxylic acid groups (broad SMARTS) is 1. The molecule has 1 aliphatic rings. The molecule has 0 bridgehead atoms. The summed E-state index contributed by atoms with van der Waals surface area (Å²) in [6.45, 7) is 4.46. The third kappa shape index (κ3) is 2.95. The van der Waals surface area contributed by atoms with E-state index < -0.39 is 11.6 Å². The molecule has 1 heterocycles. The van der Waals surface area contributed by atoms with E-state index in [2.05, 4.69) is 0 Å². The summed E-state index contributed by atoms with van der Waals surface area (Å²) < 4.78 is 5.43. The van der Waals surface area contributed by atoms with Gasteiger partial charge < -0.3 is 14.7 Å². The van der Waals surface area contributed by atoms with Gasteiger partial charge in [-0.25, -0.2) is 0 Å². The van der Waals surface area contributed by atoms with Crippen LogP contribution in [0.15, 0.2) is 0 Å². The lowest BCUT2D eigenvalue weighted by Crippen LogP contribution is -2.48. The summed E-state index contributed by atoms with van der Waals surface area (Å²) in [5.74, 6) is -1.18. The summed E-state index contributed by atoms with van der Waals surface area (Å²) in [4.78, 5) is 24.2. The van der Waals surface area contributed by atoms with Crippen LogP contribution in [0.5, 0.6) is 0 Å². The van der Waals surface area contributed by atoms with Gasteiger partial charge in [0.15, 0.2) is 0 Å². The van der Waals surface area contributed by atoms with Crippen molar-refractivity contribution in [2.24, 2.45) is 0 Å². The van der Waals surface area contributed by atoms with Crippen LogP contribution in [0.25, 0.3) is 0 Å². The number of nitrogens with zero attached hydrogens (tertiary/aromatic N) is 1. The fourth-order valence-corrected chi connectivity index (χ4v) is 1.97. The van der Waals surface area contributed by atoms with E-state index in [1.54, 1.807) is 6.92 Å². The molecule has 1 rings (SSSR count). The molecule has 5 nitrogen and oxygen atoms in total. The molecule has 16 heavy (non-hydrogen) atoms. The van der Waals surface area contributed by atoms with Gasteiger partial charge in [0.25, 0.3) is 5.91 Å². The van der Waals surface area contributed by atoms with Crippen molar-refractivity contribution < 1.29 is 19.4 Å². The van der Waals surface area contributed by atoms with Gasteiger partial charge in [-0.3, -0.25) is 9.59 Å². The highest BCUT2D eigenvalue weighted by Crippen LogP contribution is 2.27. The Labute approximate surface area is 95.4 Å². The number of carbonyl (C=O) groups excluding carboxylic acids is 1. The first-order valence-electron chi connectivity index (χ1n) is 5.64. The smallest absolute Gasteiger partial charge is 0.323 e. The summed E-state index contributed by atoms with van der Waals surface area (Å²) in [6.07, 6.45) is 2.27. The van der Waals surface area contributed by atoms with Crippen LogP contribution in [-0.4, -0.2) is 47.2 Å². The molecule has 0 aromatic rings. The predicted molar refractivity (Wildman–Crippen MR) is 58.1 cm³/mol. The van der Waals surface area contributed by atoms with Gasteiger partial charge in [0.2, 0.25) is 0 Å². The van der Waals surface area contributed by atoms with Gasteiger partial charge in [-0.1, -0.05) is 6.92 Å². The molecule has 92 valence electrons. The van der Waals surface area contributed by atoms with E-state index in [9.17, 15) is 9.59 Å². The minimum absolute atomic E-state index is 0.200. The van der Waals surface area contributed by atoms with Gasteiger partial charge in [0, 0.05) is 13.2 Å². The predicted octanol–water partition coefficient (Wildman–Crippen LogP) is 0.879. The van der Waals surface area contributed by atoms with Crippen molar-refractivity contribution >= 4 is 11.9 Å². The Morgan fingerprint density at radius 2 is 2.19 bits per heavy atom. The normalized spacial score (nSPS) is 24.4. The van der Waals surface area contributed by atoms with Crippen LogP contribution < -0.4 is 0 Å². The fraction of sp³-hybridized carbons (Fsp3) is 0.818. The third-order valence-corrected chi connectivity index (χ3v) is 2.78. The standard InChI is InChI=1S/C11H19NO4/c1-3-6-12(8-9(13)14)10(15)11(2)5-4-7-16-11/h3-8H2,1-2H3,(H,13,14). The fourth-order valence-electron chi connectivity index (χ4n) is 1.97. The monoisotopic (exact) mass is 229 g/mol. The molecule has 1 aliphatic heterocycles. The van der Waals surface area contributed by atoms with Crippen molar-refractivity contribution in [1.29, 1.82) is 0 Å². The third-order valence-electron chi connectivity index (χ3n) is 2.78. The van der Waals surface area contributed by atoms with Crippen molar-refractivity contribution in [3.63, 3.8) is 0 Å². The lowest BCUT2D eigenvalue weighted by atomic mass is 10.0.